The summed E-state index contributed by atoms with van der Waals surface area (Å²) in [4.78, 5) is 0. The van der Waals surface area contributed by atoms with Crippen LogP contribution in [0.3, 0.4) is 0 Å². The third-order valence-corrected chi connectivity index (χ3v) is 19.2. The van der Waals surface area contributed by atoms with Crippen LogP contribution in [0.5, 0.6) is 0 Å². The molecule has 2 aliphatic heterocycles. The minimum atomic E-state index is -2.81. The lowest BCUT2D eigenvalue weighted by molar-refractivity contribution is -0.181. The predicted molar refractivity (Wildman–Crippen MR) is 169 cm³/mol. The maximum atomic E-state index is 7.39. The molecule has 4 rings (SSSR count). The Morgan fingerprint density at radius 2 is 1.50 bits per heavy atom. The second-order valence-electron chi connectivity index (χ2n) is 12.5. The first-order chi connectivity index (χ1) is 19.0. The van der Waals surface area contributed by atoms with E-state index in [1.165, 1.54) is 10.8 Å². The zero-order valence-corrected chi connectivity index (χ0v) is 29.1. The Morgan fingerprint density at radius 3 is 2.12 bits per heavy atom. The molecule has 2 saturated heterocycles. The van der Waals surface area contributed by atoms with Gasteiger partial charge in [0.2, 0.25) is 0 Å². The maximum Gasteiger partial charge on any atom is 0.335 e. The van der Waals surface area contributed by atoms with Gasteiger partial charge in [0.1, 0.15) is 18.3 Å². The molecule has 2 aliphatic rings. The monoisotopic (exact) mass is 652 g/mol. The van der Waals surface area contributed by atoms with Crippen LogP contribution in [0.25, 0.3) is 10.8 Å². The fourth-order valence-electron chi connectivity index (χ4n) is 6.19. The van der Waals surface area contributed by atoms with Gasteiger partial charge >= 0.3 is 17.1 Å². The molecule has 2 heterocycles. The molecule has 0 amide bonds. The molecule has 0 unspecified atom stereocenters. The van der Waals surface area contributed by atoms with Gasteiger partial charge in [-0.2, -0.15) is 0 Å². The average Bonchev–Trinajstić information content (AvgIpc) is 3.21. The van der Waals surface area contributed by atoms with E-state index in [1.807, 2.05) is 0 Å². The fourth-order valence-corrected chi connectivity index (χ4v) is 17.6. The largest absolute Gasteiger partial charge is 0.414 e. The molecule has 2 aromatic rings. The average molecular weight is 654 g/mol. The van der Waals surface area contributed by atoms with Crippen LogP contribution in [0, 0.1) is 0 Å². The van der Waals surface area contributed by atoms with Crippen molar-refractivity contribution in [1.82, 2.24) is 0 Å². The molecule has 0 aromatic heterocycles. The first-order valence-corrected chi connectivity index (χ1v) is 20.0. The van der Waals surface area contributed by atoms with Gasteiger partial charge in [-0.25, -0.2) is 0 Å². The summed E-state index contributed by atoms with van der Waals surface area (Å²) in [7, 11) is -5.45. The quantitative estimate of drug-likeness (QED) is 0.139. The first kappa shape index (κ1) is 32.3. The van der Waals surface area contributed by atoms with Crippen molar-refractivity contribution in [3.05, 3.63) is 48.0 Å². The molecular formula is C31H49BrO6Si2. The topological polar surface area (TPSA) is 55.4 Å². The molecular weight excluding hydrogens is 604 g/mol. The SMILES string of the molecule is CC(C)[Si]1(C(C)C)OC[C@@H]2O[C@@H](OCCCBr)[C@H](OCc3ccc4ccccc4c3)[C@H]2O[Si](C(C)C)(C(C)C)O1. The Balaban J connectivity index is 1.67. The predicted octanol–water partition coefficient (Wildman–Crippen LogP) is 8.21. The molecule has 0 bridgehead atoms. The van der Waals surface area contributed by atoms with E-state index in [1.54, 1.807) is 0 Å². The Hall–Kier alpha value is -0.626. The molecule has 2 aromatic carbocycles. The molecule has 6 nitrogen and oxygen atoms in total. The second kappa shape index (κ2) is 13.8. The molecule has 4 atom stereocenters. The summed E-state index contributed by atoms with van der Waals surface area (Å²) in [6, 6.07) is 14.9. The minimum absolute atomic E-state index is 0.230. The minimum Gasteiger partial charge on any atom is -0.414 e. The number of rotatable bonds is 11. The van der Waals surface area contributed by atoms with Gasteiger partial charge in [-0.15, -0.1) is 0 Å². The van der Waals surface area contributed by atoms with Crippen LogP contribution < -0.4 is 0 Å². The van der Waals surface area contributed by atoms with Gasteiger partial charge in [-0.3, -0.25) is 0 Å². The lowest BCUT2D eigenvalue weighted by atomic mass is 10.1. The summed E-state index contributed by atoms with van der Waals surface area (Å²) in [6.07, 6.45) is -0.655. The summed E-state index contributed by atoms with van der Waals surface area (Å²) < 4.78 is 41.2. The van der Waals surface area contributed by atoms with Gasteiger partial charge in [0.05, 0.1) is 19.8 Å². The van der Waals surface area contributed by atoms with Crippen molar-refractivity contribution in [3.8, 4) is 0 Å². The van der Waals surface area contributed by atoms with Gasteiger partial charge in [0, 0.05) is 5.33 Å². The Labute approximate surface area is 252 Å². The van der Waals surface area contributed by atoms with E-state index >= 15 is 0 Å². The summed E-state index contributed by atoms with van der Waals surface area (Å²) in [5, 5.41) is 3.29. The number of fused-ring (bicyclic) bond motifs is 2. The van der Waals surface area contributed by atoms with E-state index < -0.39 is 29.5 Å². The van der Waals surface area contributed by atoms with Crippen LogP contribution in [0.2, 0.25) is 22.2 Å². The van der Waals surface area contributed by atoms with Crippen molar-refractivity contribution in [2.45, 2.75) is 115 Å². The summed E-state index contributed by atoms with van der Waals surface area (Å²) >= 11 is 3.52. The molecule has 224 valence electrons. The number of halogens is 1. The second-order valence-corrected chi connectivity index (χ2v) is 22.1. The first-order valence-electron chi connectivity index (χ1n) is 15.0. The Kier molecular flexibility index (Phi) is 11.1. The van der Waals surface area contributed by atoms with Gasteiger partial charge in [-0.05, 0) is 51.0 Å². The van der Waals surface area contributed by atoms with Crippen molar-refractivity contribution < 1.29 is 27.2 Å². The van der Waals surface area contributed by atoms with Crippen molar-refractivity contribution in [3.63, 3.8) is 0 Å². The molecule has 0 N–H and O–H groups in total. The van der Waals surface area contributed by atoms with Gasteiger partial charge in [0.15, 0.2) is 6.29 Å². The molecule has 0 aliphatic carbocycles. The maximum absolute atomic E-state index is 7.39. The van der Waals surface area contributed by atoms with Crippen molar-refractivity contribution in [1.29, 1.82) is 0 Å². The van der Waals surface area contributed by atoms with Crippen LogP contribution in [-0.2, 0) is 33.8 Å². The fraction of sp³-hybridized carbons (Fsp3) is 0.677. The smallest absolute Gasteiger partial charge is 0.335 e. The van der Waals surface area contributed by atoms with E-state index in [9.17, 15) is 0 Å². The van der Waals surface area contributed by atoms with E-state index in [4.69, 9.17) is 27.2 Å². The lowest BCUT2D eigenvalue weighted by Crippen LogP contribution is -2.66. The van der Waals surface area contributed by atoms with Crippen molar-refractivity contribution in [2.24, 2.45) is 0 Å². The number of benzene rings is 2. The molecule has 0 spiro atoms. The highest BCUT2D eigenvalue weighted by Gasteiger charge is 2.62. The highest BCUT2D eigenvalue weighted by Crippen LogP contribution is 2.48. The standard InChI is InChI=1S/C31H49BrO6Si2/c1-21(2)39(22(3)4)35-20-28-29(37-40(38-39,23(5)6)24(7)8)30(31(36-28)33-17-11-16-32)34-19-25-14-15-26-12-9-10-13-27(26)18-25/h9-10,12-15,18,21-24,28-31H,11,16-17,19-20H2,1-8H3/t28-,29-,30+,31+/m0/s1. The zero-order valence-electron chi connectivity index (χ0n) is 25.5. The third kappa shape index (κ3) is 6.63. The molecule has 2 fully saturated rings. The van der Waals surface area contributed by atoms with E-state index in [2.05, 4.69) is 114 Å². The van der Waals surface area contributed by atoms with Gasteiger partial charge < -0.3 is 27.2 Å². The molecule has 40 heavy (non-hydrogen) atoms. The van der Waals surface area contributed by atoms with Crippen LogP contribution >= 0.6 is 15.9 Å². The number of ether oxygens (including phenoxy) is 3. The van der Waals surface area contributed by atoms with Crippen molar-refractivity contribution >= 4 is 43.8 Å². The van der Waals surface area contributed by atoms with Crippen molar-refractivity contribution in [2.75, 3.05) is 18.5 Å². The summed E-state index contributed by atoms with van der Waals surface area (Å²) in [5.41, 5.74) is 2.14. The Bertz CT molecular complexity index is 1080. The van der Waals surface area contributed by atoms with Crippen LogP contribution in [-0.4, -0.2) is 60.3 Å². The molecule has 9 heteroatoms. The normalized spacial score (nSPS) is 26.5. The number of alkyl halides is 1. The lowest BCUT2D eigenvalue weighted by Gasteiger charge is -2.51. The Morgan fingerprint density at radius 1 is 0.850 bits per heavy atom. The van der Waals surface area contributed by atoms with E-state index in [0.29, 0.717) is 19.8 Å². The van der Waals surface area contributed by atoms with Crippen LogP contribution in [0.4, 0.5) is 0 Å². The van der Waals surface area contributed by atoms with E-state index in [-0.39, 0.29) is 34.4 Å². The van der Waals surface area contributed by atoms with Crippen LogP contribution in [0.15, 0.2) is 42.5 Å². The van der Waals surface area contributed by atoms with Gasteiger partial charge in [-0.1, -0.05) is 108 Å². The zero-order chi connectivity index (χ0) is 29.1. The highest BCUT2D eigenvalue weighted by atomic mass is 79.9. The van der Waals surface area contributed by atoms with Gasteiger partial charge in [0.25, 0.3) is 0 Å². The highest BCUT2D eigenvalue weighted by molar-refractivity contribution is 9.09. The summed E-state index contributed by atoms with van der Waals surface area (Å²) in [5.74, 6) is 0. The summed E-state index contributed by atoms with van der Waals surface area (Å²) in [6.45, 7) is 19.4. The number of hydrogen-bond donors (Lipinski definition) is 0. The molecule has 0 radical (unpaired) electrons. The van der Waals surface area contributed by atoms with Crippen LogP contribution in [0.1, 0.15) is 67.4 Å². The molecule has 0 saturated carbocycles. The van der Waals surface area contributed by atoms with E-state index in [0.717, 1.165) is 17.3 Å². The number of hydrogen-bond acceptors (Lipinski definition) is 6. The third-order valence-electron chi connectivity index (χ3n) is 8.42.